The molecule has 0 aliphatic heterocycles. The third-order valence-corrected chi connectivity index (χ3v) is 5.92. The molecule has 0 spiro atoms. The molecule has 0 fully saturated rings. The molecule has 0 saturated carbocycles. The van der Waals surface area contributed by atoms with Crippen molar-refractivity contribution in [1.29, 1.82) is 0 Å². The molecule has 0 atom stereocenters. The monoisotopic (exact) mass is 456 g/mol. The molecule has 1 aromatic carbocycles. The molecule has 0 radical (unpaired) electrons. The quantitative estimate of drug-likeness (QED) is 0.373. The fraction of sp³-hybridized carbons (Fsp3) is 0.200. The van der Waals surface area contributed by atoms with Gasteiger partial charge in [-0.15, -0.1) is 15.3 Å². The van der Waals surface area contributed by atoms with Gasteiger partial charge in [-0.25, -0.2) is 13.1 Å². The average molecular weight is 456 g/mol. The van der Waals surface area contributed by atoms with Crippen molar-refractivity contribution >= 4 is 15.7 Å². The van der Waals surface area contributed by atoms with Crippen molar-refractivity contribution in [2.24, 2.45) is 0 Å². The summed E-state index contributed by atoms with van der Waals surface area (Å²) in [5.74, 6) is 1.94. The highest BCUT2D eigenvalue weighted by Gasteiger charge is 2.16. The van der Waals surface area contributed by atoms with Gasteiger partial charge in [0, 0.05) is 31.1 Å². The molecule has 0 aliphatic rings. The summed E-state index contributed by atoms with van der Waals surface area (Å²) in [6.45, 7) is 0.125. The van der Waals surface area contributed by atoms with Crippen molar-refractivity contribution in [3.05, 3.63) is 54.9 Å². The van der Waals surface area contributed by atoms with Crippen LogP contribution >= 0.6 is 0 Å². The largest absolute Gasteiger partial charge is 0.497 e. The van der Waals surface area contributed by atoms with Crippen molar-refractivity contribution in [3.8, 4) is 28.8 Å². The second kappa shape index (κ2) is 9.16. The minimum Gasteiger partial charge on any atom is -0.497 e. The number of pyridine rings is 1. The van der Waals surface area contributed by atoms with Gasteiger partial charge in [-0.1, -0.05) is 0 Å². The Kier molecular flexibility index (Phi) is 6.14. The Balaban J connectivity index is 1.49. The van der Waals surface area contributed by atoms with Crippen LogP contribution in [0.4, 0.5) is 0 Å². The molecule has 3 aromatic heterocycles. The number of hydrogen-bond donors (Lipinski definition) is 1. The number of rotatable bonds is 9. The van der Waals surface area contributed by atoms with Crippen molar-refractivity contribution in [2.45, 2.75) is 4.90 Å². The van der Waals surface area contributed by atoms with E-state index in [-0.39, 0.29) is 23.9 Å². The zero-order valence-corrected chi connectivity index (χ0v) is 18.1. The molecule has 4 aromatic rings. The SMILES string of the molecule is COc1ccc(-c2nnc3ccc(OCCNS(=O)(=O)c4cccnc4)nn23)c(OC)c1. The first kappa shape index (κ1) is 21.5. The number of fused-ring (bicyclic) bond motifs is 1. The van der Waals surface area contributed by atoms with Crippen LogP contribution in [-0.2, 0) is 10.0 Å². The van der Waals surface area contributed by atoms with Gasteiger partial charge in [0.2, 0.25) is 15.9 Å². The zero-order valence-electron chi connectivity index (χ0n) is 17.3. The Morgan fingerprint density at radius 3 is 2.69 bits per heavy atom. The van der Waals surface area contributed by atoms with Crippen LogP contribution in [0.1, 0.15) is 0 Å². The molecule has 3 heterocycles. The molecule has 32 heavy (non-hydrogen) atoms. The molecular formula is C20H20N6O5S. The van der Waals surface area contributed by atoms with E-state index >= 15 is 0 Å². The molecule has 0 amide bonds. The summed E-state index contributed by atoms with van der Waals surface area (Å²) in [5.41, 5.74) is 1.19. The molecular weight excluding hydrogens is 436 g/mol. The molecule has 0 bridgehead atoms. The maximum Gasteiger partial charge on any atom is 0.242 e. The molecule has 166 valence electrons. The second-order valence-electron chi connectivity index (χ2n) is 6.47. The van der Waals surface area contributed by atoms with E-state index < -0.39 is 10.0 Å². The number of nitrogens with zero attached hydrogens (tertiary/aromatic N) is 5. The molecule has 4 rings (SSSR count). The van der Waals surface area contributed by atoms with Gasteiger partial charge >= 0.3 is 0 Å². The highest BCUT2D eigenvalue weighted by Crippen LogP contribution is 2.32. The number of benzene rings is 1. The highest BCUT2D eigenvalue weighted by atomic mass is 32.2. The lowest BCUT2D eigenvalue weighted by Gasteiger charge is -2.10. The zero-order chi connectivity index (χ0) is 22.6. The number of hydrogen-bond acceptors (Lipinski definition) is 9. The maximum atomic E-state index is 12.2. The van der Waals surface area contributed by atoms with Gasteiger partial charge in [0.15, 0.2) is 11.5 Å². The topological polar surface area (TPSA) is 130 Å². The lowest BCUT2D eigenvalue weighted by molar-refractivity contribution is 0.306. The van der Waals surface area contributed by atoms with Gasteiger partial charge in [0.25, 0.3) is 0 Å². The van der Waals surface area contributed by atoms with Gasteiger partial charge < -0.3 is 14.2 Å². The van der Waals surface area contributed by atoms with E-state index in [1.54, 1.807) is 50.6 Å². The number of ether oxygens (including phenoxy) is 3. The third kappa shape index (κ3) is 4.45. The van der Waals surface area contributed by atoms with Crippen LogP contribution in [0, 0.1) is 0 Å². The summed E-state index contributed by atoms with van der Waals surface area (Å²) in [6, 6.07) is 11.7. The predicted molar refractivity (Wildman–Crippen MR) is 114 cm³/mol. The summed E-state index contributed by atoms with van der Waals surface area (Å²) in [5, 5.41) is 12.8. The predicted octanol–water partition coefficient (Wildman–Crippen LogP) is 1.56. The molecule has 0 aliphatic carbocycles. The summed E-state index contributed by atoms with van der Waals surface area (Å²) in [6.07, 6.45) is 2.78. The number of sulfonamides is 1. The minimum atomic E-state index is -3.66. The van der Waals surface area contributed by atoms with Crippen LogP contribution in [0.5, 0.6) is 17.4 Å². The van der Waals surface area contributed by atoms with Crippen LogP contribution in [0.3, 0.4) is 0 Å². The lowest BCUT2D eigenvalue weighted by atomic mass is 10.2. The smallest absolute Gasteiger partial charge is 0.242 e. The van der Waals surface area contributed by atoms with Crippen LogP contribution in [0.15, 0.2) is 59.8 Å². The lowest BCUT2D eigenvalue weighted by Crippen LogP contribution is -2.28. The number of aromatic nitrogens is 5. The van der Waals surface area contributed by atoms with Crippen LogP contribution in [0.2, 0.25) is 0 Å². The van der Waals surface area contributed by atoms with E-state index in [2.05, 4.69) is 25.0 Å². The van der Waals surface area contributed by atoms with Crippen LogP contribution in [-0.4, -0.2) is 60.6 Å². The highest BCUT2D eigenvalue weighted by molar-refractivity contribution is 7.89. The van der Waals surface area contributed by atoms with Crippen molar-refractivity contribution in [3.63, 3.8) is 0 Å². The van der Waals surface area contributed by atoms with Crippen molar-refractivity contribution in [2.75, 3.05) is 27.4 Å². The first-order chi connectivity index (χ1) is 15.5. The Bertz CT molecular complexity index is 1330. The Labute approximate surface area is 184 Å². The first-order valence-corrected chi connectivity index (χ1v) is 11.0. The van der Waals surface area contributed by atoms with E-state index in [1.165, 1.54) is 23.0 Å². The number of nitrogens with one attached hydrogen (secondary N) is 1. The summed E-state index contributed by atoms with van der Waals surface area (Å²) >= 11 is 0. The van der Waals surface area contributed by atoms with Gasteiger partial charge in [0.1, 0.15) is 23.0 Å². The van der Waals surface area contributed by atoms with E-state index in [0.29, 0.717) is 28.5 Å². The molecule has 0 unspecified atom stereocenters. The molecule has 0 saturated heterocycles. The molecule has 11 nitrogen and oxygen atoms in total. The standard InChI is InChI=1S/C20H20N6O5S/c1-29-14-5-6-16(17(12-14)30-2)20-24-23-18-7-8-19(25-26(18)20)31-11-10-22-32(27,28)15-4-3-9-21-13-15/h3-9,12-13,22H,10-11H2,1-2H3. The van der Waals surface area contributed by atoms with E-state index in [0.717, 1.165) is 0 Å². The Morgan fingerprint density at radius 1 is 1.06 bits per heavy atom. The maximum absolute atomic E-state index is 12.2. The molecule has 12 heteroatoms. The van der Waals surface area contributed by atoms with Crippen molar-refractivity contribution in [1.82, 2.24) is 29.5 Å². The second-order valence-corrected chi connectivity index (χ2v) is 8.23. The average Bonchev–Trinajstić information content (AvgIpc) is 3.25. The Hall–Kier alpha value is -3.77. The molecule has 1 N–H and O–H groups in total. The number of methoxy groups -OCH3 is 2. The fourth-order valence-corrected chi connectivity index (χ4v) is 3.90. The van der Waals surface area contributed by atoms with Crippen LogP contribution in [0.25, 0.3) is 17.0 Å². The third-order valence-electron chi connectivity index (χ3n) is 4.48. The van der Waals surface area contributed by atoms with Gasteiger partial charge in [-0.3, -0.25) is 4.98 Å². The van der Waals surface area contributed by atoms with Gasteiger partial charge in [-0.2, -0.15) is 4.52 Å². The normalized spacial score (nSPS) is 11.4. The van der Waals surface area contributed by atoms with Gasteiger partial charge in [0.05, 0.1) is 19.8 Å². The summed E-state index contributed by atoms with van der Waals surface area (Å²) in [4.78, 5) is 3.90. The van der Waals surface area contributed by atoms with Crippen LogP contribution < -0.4 is 18.9 Å². The van der Waals surface area contributed by atoms with E-state index in [4.69, 9.17) is 14.2 Å². The Morgan fingerprint density at radius 2 is 1.94 bits per heavy atom. The van der Waals surface area contributed by atoms with E-state index in [9.17, 15) is 8.42 Å². The minimum absolute atomic E-state index is 0.0539. The van der Waals surface area contributed by atoms with E-state index in [1.807, 2.05) is 0 Å². The fourth-order valence-electron chi connectivity index (χ4n) is 2.92. The summed E-state index contributed by atoms with van der Waals surface area (Å²) < 4.78 is 44.7. The summed E-state index contributed by atoms with van der Waals surface area (Å²) in [7, 11) is -0.535. The van der Waals surface area contributed by atoms with Crippen molar-refractivity contribution < 1.29 is 22.6 Å². The first-order valence-electron chi connectivity index (χ1n) is 9.49. The van der Waals surface area contributed by atoms with Gasteiger partial charge in [-0.05, 0) is 30.3 Å².